The molecule has 2 heterocycles. The van der Waals surface area contributed by atoms with Crippen molar-refractivity contribution < 1.29 is 24.5 Å². The fourth-order valence-electron chi connectivity index (χ4n) is 2.17. The van der Waals surface area contributed by atoms with E-state index in [4.69, 9.17) is 9.15 Å². The zero-order valence-corrected chi connectivity index (χ0v) is 11.9. The van der Waals surface area contributed by atoms with Gasteiger partial charge in [0, 0.05) is 11.3 Å². The summed E-state index contributed by atoms with van der Waals surface area (Å²) in [5.74, 6) is 0.929. The van der Waals surface area contributed by atoms with Crippen molar-refractivity contribution in [2.75, 3.05) is 5.75 Å². The summed E-state index contributed by atoms with van der Waals surface area (Å²) in [5.41, 5.74) is 1.39. The highest BCUT2D eigenvalue weighted by atomic mass is 32.2. The Morgan fingerprint density at radius 1 is 1.00 bits per heavy atom. The van der Waals surface area contributed by atoms with Crippen LogP contribution >= 0.6 is 11.8 Å². The Balaban J connectivity index is 1.68. The minimum absolute atomic E-state index is 0.329. The van der Waals surface area contributed by atoms with Crippen LogP contribution in [0.25, 0.3) is 11.1 Å². The van der Waals surface area contributed by atoms with E-state index in [1.54, 1.807) is 24.7 Å². The number of furan rings is 1. The molecule has 4 atom stereocenters. The van der Waals surface area contributed by atoms with Gasteiger partial charge in [0.05, 0.1) is 18.6 Å². The van der Waals surface area contributed by atoms with E-state index >= 15 is 0 Å². The highest BCUT2D eigenvalue weighted by Gasteiger charge is 2.38. The molecule has 1 saturated heterocycles. The Kier molecular flexibility index (Phi) is 4.21. The number of rotatable bonds is 3. The van der Waals surface area contributed by atoms with Crippen molar-refractivity contribution in [2.45, 2.75) is 23.7 Å². The van der Waals surface area contributed by atoms with Crippen LogP contribution in [0.4, 0.5) is 0 Å². The maximum absolute atomic E-state index is 9.91. The highest BCUT2D eigenvalue weighted by Crippen LogP contribution is 2.30. The van der Waals surface area contributed by atoms with E-state index in [2.05, 4.69) is 0 Å². The smallest absolute Gasteiger partial charge is 0.173 e. The first-order valence-corrected chi connectivity index (χ1v) is 7.65. The van der Waals surface area contributed by atoms with E-state index in [1.165, 1.54) is 11.8 Å². The summed E-state index contributed by atoms with van der Waals surface area (Å²) >= 11 is 1.28. The molecular formula is C15H16O5S. The van der Waals surface area contributed by atoms with Crippen molar-refractivity contribution in [1.29, 1.82) is 0 Å². The first-order chi connectivity index (χ1) is 10.1. The van der Waals surface area contributed by atoms with Gasteiger partial charge < -0.3 is 24.5 Å². The number of ether oxygens (including phenoxy) is 1. The molecule has 0 radical (unpaired) electrons. The van der Waals surface area contributed by atoms with Gasteiger partial charge in [-0.05, 0) is 23.8 Å². The van der Waals surface area contributed by atoms with E-state index in [9.17, 15) is 15.3 Å². The van der Waals surface area contributed by atoms with Gasteiger partial charge in [-0.1, -0.05) is 12.1 Å². The maximum Gasteiger partial charge on any atom is 0.173 e. The molecule has 0 unspecified atom stereocenters. The molecule has 21 heavy (non-hydrogen) atoms. The summed E-state index contributed by atoms with van der Waals surface area (Å²) in [4.78, 5) is 0. The van der Waals surface area contributed by atoms with Gasteiger partial charge in [-0.25, -0.2) is 0 Å². The molecular weight excluding hydrogens is 292 g/mol. The lowest BCUT2D eigenvalue weighted by Gasteiger charge is -2.34. The Labute approximate surface area is 126 Å². The average molecular weight is 308 g/mol. The molecule has 0 aliphatic carbocycles. The Bertz CT molecular complexity index is 568. The molecule has 0 bridgehead atoms. The molecule has 1 aliphatic rings. The molecule has 2 aromatic rings. The van der Waals surface area contributed by atoms with Crippen molar-refractivity contribution >= 4 is 11.8 Å². The lowest BCUT2D eigenvalue weighted by Crippen LogP contribution is -2.50. The van der Waals surface area contributed by atoms with Crippen LogP contribution in [-0.4, -0.2) is 44.8 Å². The second-order valence-corrected chi connectivity index (χ2v) is 6.04. The summed E-state index contributed by atoms with van der Waals surface area (Å²) in [6.45, 7) is 0. The van der Waals surface area contributed by atoms with Gasteiger partial charge >= 0.3 is 0 Å². The average Bonchev–Trinajstić information content (AvgIpc) is 3.03. The summed E-state index contributed by atoms with van der Waals surface area (Å²) in [7, 11) is 0. The molecule has 1 aliphatic heterocycles. The van der Waals surface area contributed by atoms with Crippen LogP contribution in [0.15, 0.2) is 47.3 Å². The Morgan fingerprint density at radius 2 is 1.76 bits per heavy atom. The SMILES string of the molecule is O[C@@H]1[C@@H](O)[C@H](Oc2ccc(-c3ccoc3)cc2)SC[C@H]1O. The zero-order chi connectivity index (χ0) is 14.8. The van der Waals surface area contributed by atoms with Crippen LogP contribution in [0.2, 0.25) is 0 Å². The molecule has 1 aromatic heterocycles. The summed E-state index contributed by atoms with van der Waals surface area (Å²) in [6.07, 6.45) is 0.0533. The third-order valence-corrected chi connectivity index (χ3v) is 4.65. The van der Waals surface area contributed by atoms with Crippen LogP contribution in [-0.2, 0) is 0 Å². The molecule has 3 N–H and O–H groups in total. The van der Waals surface area contributed by atoms with E-state index in [-0.39, 0.29) is 0 Å². The highest BCUT2D eigenvalue weighted by molar-refractivity contribution is 7.99. The van der Waals surface area contributed by atoms with Gasteiger partial charge in [-0.3, -0.25) is 0 Å². The quantitative estimate of drug-likeness (QED) is 0.797. The van der Waals surface area contributed by atoms with Gasteiger partial charge in [0.15, 0.2) is 5.44 Å². The number of benzene rings is 1. The third kappa shape index (κ3) is 3.08. The molecule has 1 fully saturated rings. The van der Waals surface area contributed by atoms with Crippen molar-refractivity contribution in [3.8, 4) is 16.9 Å². The molecule has 0 amide bonds. The van der Waals surface area contributed by atoms with Gasteiger partial charge in [-0.2, -0.15) is 0 Å². The minimum atomic E-state index is -1.18. The predicted octanol–water partition coefficient (Wildman–Crippen LogP) is 1.48. The maximum atomic E-state index is 9.91. The number of hydrogen-bond acceptors (Lipinski definition) is 6. The largest absolute Gasteiger partial charge is 0.477 e. The topological polar surface area (TPSA) is 83.1 Å². The minimum Gasteiger partial charge on any atom is -0.477 e. The van der Waals surface area contributed by atoms with Crippen molar-refractivity contribution in [3.05, 3.63) is 42.9 Å². The van der Waals surface area contributed by atoms with Crippen LogP contribution < -0.4 is 4.74 Å². The van der Waals surface area contributed by atoms with Crippen LogP contribution in [0.1, 0.15) is 0 Å². The van der Waals surface area contributed by atoms with Gasteiger partial charge in [0.1, 0.15) is 18.0 Å². The number of thioether (sulfide) groups is 1. The first kappa shape index (κ1) is 14.5. The molecule has 6 heteroatoms. The monoisotopic (exact) mass is 308 g/mol. The number of hydrogen-bond donors (Lipinski definition) is 3. The predicted molar refractivity (Wildman–Crippen MR) is 79.0 cm³/mol. The molecule has 0 saturated carbocycles. The summed E-state index contributed by atoms with van der Waals surface area (Å²) in [5, 5.41) is 29.0. The molecule has 0 spiro atoms. The Hall–Kier alpha value is -1.47. The summed E-state index contributed by atoms with van der Waals surface area (Å²) < 4.78 is 10.7. The molecule has 112 valence electrons. The molecule has 5 nitrogen and oxygen atoms in total. The van der Waals surface area contributed by atoms with Crippen molar-refractivity contribution in [1.82, 2.24) is 0 Å². The van der Waals surface area contributed by atoms with Crippen LogP contribution in [0.5, 0.6) is 5.75 Å². The number of aliphatic hydroxyl groups is 3. The van der Waals surface area contributed by atoms with Crippen molar-refractivity contribution in [2.24, 2.45) is 0 Å². The van der Waals surface area contributed by atoms with Gasteiger partial charge in [0.2, 0.25) is 0 Å². The standard InChI is InChI=1S/C15H16O5S/c16-12-8-21-15(14(18)13(12)17)20-11-3-1-9(2-4-11)10-5-6-19-7-10/h1-7,12-18H,8H2/t12-,13+,14-,15-/m1/s1. The fourth-order valence-corrected chi connectivity index (χ4v) is 3.29. The molecule has 3 rings (SSSR count). The summed E-state index contributed by atoms with van der Waals surface area (Å²) in [6, 6.07) is 9.26. The normalized spacial score (nSPS) is 29.3. The van der Waals surface area contributed by atoms with E-state index < -0.39 is 23.7 Å². The van der Waals surface area contributed by atoms with Crippen LogP contribution in [0, 0.1) is 0 Å². The second kappa shape index (κ2) is 6.11. The lowest BCUT2D eigenvalue weighted by atomic mass is 10.1. The third-order valence-electron chi connectivity index (χ3n) is 3.42. The van der Waals surface area contributed by atoms with Crippen molar-refractivity contribution in [3.63, 3.8) is 0 Å². The van der Waals surface area contributed by atoms with Gasteiger partial charge in [0.25, 0.3) is 0 Å². The van der Waals surface area contributed by atoms with E-state index in [0.29, 0.717) is 11.5 Å². The van der Waals surface area contributed by atoms with Gasteiger partial charge in [-0.15, -0.1) is 11.8 Å². The first-order valence-electron chi connectivity index (χ1n) is 6.60. The lowest BCUT2D eigenvalue weighted by molar-refractivity contribution is -0.0786. The number of aliphatic hydroxyl groups excluding tert-OH is 3. The Morgan fingerprint density at radius 3 is 2.43 bits per heavy atom. The van der Waals surface area contributed by atoms with E-state index in [1.807, 2.05) is 18.2 Å². The van der Waals surface area contributed by atoms with Crippen LogP contribution in [0.3, 0.4) is 0 Å². The fraction of sp³-hybridized carbons (Fsp3) is 0.333. The van der Waals surface area contributed by atoms with E-state index in [0.717, 1.165) is 11.1 Å². The zero-order valence-electron chi connectivity index (χ0n) is 11.1. The second-order valence-electron chi connectivity index (χ2n) is 4.90. The molecule has 1 aromatic carbocycles.